The van der Waals surface area contributed by atoms with Crippen molar-refractivity contribution in [1.29, 1.82) is 0 Å². The number of primary sulfonamides is 1. The molecule has 26 heavy (non-hydrogen) atoms. The zero-order valence-electron chi connectivity index (χ0n) is 14.5. The number of hydrogen-bond acceptors (Lipinski definition) is 4. The van der Waals surface area contributed by atoms with Crippen molar-refractivity contribution in [2.75, 3.05) is 26.2 Å². The number of rotatable bonds is 4. The summed E-state index contributed by atoms with van der Waals surface area (Å²) in [4.78, 5) is 16.9. The maximum atomic E-state index is 12.7. The van der Waals surface area contributed by atoms with Gasteiger partial charge in [0.05, 0.1) is 4.90 Å². The van der Waals surface area contributed by atoms with Crippen molar-refractivity contribution >= 4 is 15.9 Å². The fourth-order valence-corrected chi connectivity index (χ4v) is 3.66. The Hall–Kier alpha value is -2.22. The van der Waals surface area contributed by atoms with E-state index in [1.807, 2.05) is 23.1 Å². The Morgan fingerprint density at radius 3 is 2.27 bits per heavy atom. The quantitative estimate of drug-likeness (QED) is 0.884. The van der Waals surface area contributed by atoms with E-state index in [0.29, 0.717) is 18.7 Å². The molecule has 2 N–H and O–H groups in total. The summed E-state index contributed by atoms with van der Waals surface area (Å²) < 4.78 is 22.6. The average Bonchev–Trinajstić information content (AvgIpc) is 2.87. The van der Waals surface area contributed by atoms with Gasteiger partial charge in [-0.25, -0.2) is 13.6 Å². The van der Waals surface area contributed by atoms with Crippen LogP contribution in [0, 0.1) is 0 Å². The van der Waals surface area contributed by atoms with Crippen LogP contribution in [0.25, 0.3) is 0 Å². The van der Waals surface area contributed by atoms with Gasteiger partial charge in [-0.2, -0.15) is 0 Å². The van der Waals surface area contributed by atoms with Crippen LogP contribution in [0.2, 0.25) is 0 Å². The van der Waals surface area contributed by atoms with Crippen molar-refractivity contribution in [3.05, 3.63) is 65.7 Å². The minimum atomic E-state index is -3.74. The molecule has 1 aliphatic heterocycles. The molecule has 1 heterocycles. The predicted octanol–water partition coefficient (Wildman–Crippen LogP) is 1.68. The van der Waals surface area contributed by atoms with Crippen LogP contribution in [0.5, 0.6) is 0 Å². The summed E-state index contributed by atoms with van der Waals surface area (Å²) in [5.41, 5.74) is 1.75. The summed E-state index contributed by atoms with van der Waals surface area (Å²) in [6.07, 6.45) is 0.911. The smallest absolute Gasteiger partial charge is 0.253 e. The molecule has 3 rings (SSSR count). The molecule has 0 aromatic heterocycles. The lowest BCUT2D eigenvalue weighted by atomic mass is 10.2. The number of carbonyl (C=O) groups excluding carboxylic acids is 1. The van der Waals surface area contributed by atoms with E-state index in [9.17, 15) is 13.2 Å². The standard InChI is InChI=1S/C19H23N3O3S/c20-26(24,25)18-9-7-17(8-10-18)19(23)22-12-4-11-21(13-14-22)15-16-5-2-1-3-6-16/h1-3,5-10H,4,11-15H2,(H2,20,24,25). The SMILES string of the molecule is NS(=O)(=O)c1ccc(C(=O)N2CCCN(Cc3ccccc3)CC2)cc1. The number of sulfonamides is 1. The summed E-state index contributed by atoms with van der Waals surface area (Å²) in [7, 11) is -3.74. The van der Waals surface area contributed by atoms with Crippen molar-refractivity contribution in [3.8, 4) is 0 Å². The second kappa shape index (κ2) is 7.99. The third-order valence-electron chi connectivity index (χ3n) is 4.55. The zero-order valence-corrected chi connectivity index (χ0v) is 15.4. The molecular weight excluding hydrogens is 350 g/mol. The number of nitrogens with two attached hydrogens (primary N) is 1. The van der Waals surface area contributed by atoms with E-state index in [1.54, 1.807) is 0 Å². The van der Waals surface area contributed by atoms with Gasteiger partial charge in [-0.05, 0) is 36.2 Å². The predicted molar refractivity (Wildman–Crippen MR) is 100 cm³/mol. The van der Waals surface area contributed by atoms with Gasteiger partial charge in [0, 0.05) is 38.3 Å². The molecule has 0 atom stereocenters. The Balaban J connectivity index is 1.62. The molecule has 138 valence electrons. The molecular formula is C19H23N3O3S. The summed E-state index contributed by atoms with van der Waals surface area (Å²) in [6.45, 7) is 3.99. The number of carbonyl (C=O) groups is 1. The molecule has 1 amide bonds. The molecule has 0 unspecified atom stereocenters. The maximum Gasteiger partial charge on any atom is 0.253 e. The second-order valence-corrected chi connectivity index (χ2v) is 8.04. The van der Waals surface area contributed by atoms with Crippen LogP contribution >= 0.6 is 0 Å². The van der Waals surface area contributed by atoms with E-state index in [0.717, 1.165) is 26.1 Å². The highest BCUT2D eigenvalue weighted by atomic mass is 32.2. The highest BCUT2D eigenvalue weighted by Crippen LogP contribution is 2.14. The molecule has 2 aromatic rings. The van der Waals surface area contributed by atoms with Gasteiger partial charge in [0.25, 0.3) is 5.91 Å². The molecule has 6 nitrogen and oxygen atoms in total. The summed E-state index contributed by atoms with van der Waals surface area (Å²) in [5.74, 6) is -0.0764. The monoisotopic (exact) mass is 373 g/mol. The first kappa shape index (κ1) is 18.6. The maximum absolute atomic E-state index is 12.7. The van der Waals surface area contributed by atoms with E-state index in [-0.39, 0.29) is 10.8 Å². The fourth-order valence-electron chi connectivity index (χ4n) is 3.14. The zero-order chi connectivity index (χ0) is 18.6. The second-order valence-electron chi connectivity index (χ2n) is 6.48. The Labute approximate surface area is 154 Å². The lowest BCUT2D eigenvalue weighted by molar-refractivity contribution is 0.0761. The van der Waals surface area contributed by atoms with Gasteiger partial charge in [0.2, 0.25) is 10.0 Å². The Kier molecular flexibility index (Phi) is 5.70. The van der Waals surface area contributed by atoms with Crippen molar-refractivity contribution in [2.45, 2.75) is 17.9 Å². The van der Waals surface area contributed by atoms with Gasteiger partial charge in [-0.3, -0.25) is 9.69 Å². The fraction of sp³-hybridized carbons (Fsp3) is 0.316. The molecule has 1 saturated heterocycles. The summed E-state index contributed by atoms with van der Waals surface area (Å²) in [5, 5.41) is 5.10. The lowest BCUT2D eigenvalue weighted by Gasteiger charge is -2.22. The first-order chi connectivity index (χ1) is 12.4. The Morgan fingerprint density at radius 1 is 0.923 bits per heavy atom. The van der Waals surface area contributed by atoms with E-state index in [2.05, 4.69) is 17.0 Å². The van der Waals surface area contributed by atoms with Crippen LogP contribution in [0.15, 0.2) is 59.5 Å². The van der Waals surface area contributed by atoms with Gasteiger partial charge in [0.15, 0.2) is 0 Å². The molecule has 0 aliphatic carbocycles. The lowest BCUT2D eigenvalue weighted by Crippen LogP contribution is -2.35. The normalized spacial score (nSPS) is 16.3. The molecule has 0 saturated carbocycles. The van der Waals surface area contributed by atoms with Gasteiger partial charge < -0.3 is 4.90 Å². The minimum absolute atomic E-state index is 0.0129. The van der Waals surface area contributed by atoms with Gasteiger partial charge >= 0.3 is 0 Å². The number of amides is 1. The third-order valence-corrected chi connectivity index (χ3v) is 5.48. The number of nitrogens with zero attached hydrogens (tertiary/aromatic N) is 2. The first-order valence-corrected chi connectivity index (χ1v) is 10.2. The van der Waals surface area contributed by atoms with E-state index in [4.69, 9.17) is 5.14 Å². The summed E-state index contributed by atoms with van der Waals surface area (Å²) >= 11 is 0. The van der Waals surface area contributed by atoms with E-state index in [1.165, 1.54) is 29.8 Å². The highest BCUT2D eigenvalue weighted by Gasteiger charge is 2.21. The van der Waals surface area contributed by atoms with E-state index >= 15 is 0 Å². The first-order valence-electron chi connectivity index (χ1n) is 8.62. The number of hydrogen-bond donors (Lipinski definition) is 1. The van der Waals surface area contributed by atoms with Crippen LogP contribution in [0.1, 0.15) is 22.3 Å². The highest BCUT2D eigenvalue weighted by molar-refractivity contribution is 7.89. The molecule has 0 radical (unpaired) electrons. The van der Waals surface area contributed by atoms with Gasteiger partial charge in [-0.1, -0.05) is 30.3 Å². The van der Waals surface area contributed by atoms with Crippen molar-refractivity contribution in [1.82, 2.24) is 9.80 Å². The molecule has 1 fully saturated rings. The molecule has 7 heteroatoms. The van der Waals surface area contributed by atoms with Crippen LogP contribution in [0.4, 0.5) is 0 Å². The molecule has 0 spiro atoms. The summed E-state index contributed by atoms with van der Waals surface area (Å²) in [6, 6.07) is 16.1. The van der Waals surface area contributed by atoms with Crippen LogP contribution in [0.3, 0.4) is 0 Å². The Bertz CT molecular complexity index is 851. The van der Waals surface area contributed by atoms with Gasteiger partial charge in [-0.15, -0.1) is 0 Å². The molecule has 0 bridgehead atoms. The largest absolute Gasteiger partial charge is 0.337 e. The topological polar surface area (TPSA) is 83.7 Å². The third kappa shape index (κ3) is 4.69. The Morgan fingerprint density at radius 2 is 1.62 bits per heavy atom. The number of benzene rings is 2. The van der Waals surface area contributed by atoms with Gasteiger partial charge in [0.1, 0.15) is 0 Å². The molecule has 2 aromatic carbocycles. The minimum Gasteiger partial charge on any atom is -0.337 e. The average molecular weight is 373 g/mol. The van der Waals surface area contributed by atoms with E-state index < -0.39 is 10.0 Å². The molecule has 1 aliphatic rings. The van der Waals surface area contributed by atoms with Crippen molar-refractivity contribution < 1.29 is 13.2 Å². The van der Waals surface area contributed by atoms with Crippen molar-refractivity contribution in [3.63, 3.8) is 0 Å². The van der Waals surface area contributed by atoms with Crippen LogP contribution in [-0.4, -0.2) is 50.3 Å². The van der Waals surface area contributed by atoms with Crippen LogP contribution < -0.4 is 5.14 Å². The van der Waals surface area contributed by atoms with Crippen LogP contribution in [-0.2, 0) is 16.6 Å². The van der Waals surface area contributed by atoms with Crippen molar-refractivity contribution in [2.24, 2.45) is 5.14 Å².